The molecule has 1 amide bonds. The second kappa shape index (κ2) is 16.0. The first-order valence-corrected chi connectivity index (χ1v) is 23.1. The molecule has 1 aliphatic heterocycles. The summed E-state index contributed by atoms with van der Waals surface area (Å²) in [5.74, 6) is 2.15. The van der Waals surface area contributed by atoms with Crippen LogP contribution in [0.1, 0.15) is 82.9 Å². The third-order valence-electron chi connectivity index (χ3n) is 7.87. The number of nitrogens with zero attached hydrogens (tertiary/aromatic N) is 1. The molecular weight excluding hydrogens is 569 g/mol. The summed E-state index contributed by atoms with van der Waals surface area (Å²) >= 11 is -0.742. The zero-order valence-electron chi connectivity index (χ0n) is 22.8. The molecule has 0 radical (unpaired) electrons. The number of unbranched alkanes of at least 4 members (excludes halogenated alkanes) is 3. The molecule has 0 aromatic heterocycles. The molecule has 1 saturated heterocycles. The average Bonchev–Trinajstić information content (AvgIpc) is 3.30. The molecule has 3 nitrogen and oxygen atoms in total. The predicted octanol–water partition coefficient (Wildman–Crippen LogP) is 9.26. The number of ether oxygens (including phenoxy) is 1. The molecule has 0 spiro atoms. The standard InChI is InChI=1S/C19H20NO2S.3C4H9.Sn/c21-19-20(18(14-22-19)17-10-5-2-6-11-17)12-7-13-23-15-16-8-3-1-4-9-16;3*1-3-4-2;/h1-6,8-12,18H,7,13-15H2;3*1,3-4H2,2H3;/t18-;;;;/m1..../s1. The van der Waals surface area contributed by atoms with E-state index in [1.54, 1.807) is 0 Å². The summed E-state index contributed by atoms with van der Waals surface area (Å²) < 4.78 is 10.4. The van der Waals surface area contributed by atoms with Crippen molar-refractivity contribution >= 4 is 36.2 Å². The van der Waals surface area contributed by atoms with E-state index in [0.717, 1.165) is 17.9 Å². The Morgan fingerprint density at radius 1 is 0.889 bits per heavy atom. The SMILES string of the molecule is CCC[CH2][Sn]([CH2]CCC)([CH2]CCC)[C@H](CCSCc1ccccc1)N1C(=O)OC[C@@H]1c1ccccc1. The van der Waals surface area contributed by atoms with Crippen molar-refractivity contribution in [2.24, 2.45) is 0 Å². The van der Waals surface area contributed by atoms with Crippen molar-refractivity contribution in [3.05, 3.63) is 71.8 Å². The summed E-state index contributed by atoms with van der Waals surface area (Å²) in [6, 6.07) is 21.5. The number of carbonyl (C=O) groups excluding carboxylic acids is 1. The Bertz CT molecular complexity index is 857. The van der Waals surface area contributed by atoms with Crippen molar-refractivity contribution in [2.75, 3.05) is 12.4 Å². The second-order valence-corrected chi connectivity index (χ2v) is 25.5. The number of hydrogen-bond acceptors (Lipinski definition) is 3. The van der Waals surface area contributed by atoms with Crippen molar-refractivity contribution in [1.29, 1.82) is 0 Å². The Hall–Kier alpha value is -1.14. The van der Waals surface area contributed by atoms with Crippen molar-refractivity contribution in [1.82, 2.24) is 4.90 Å². The van der Waals surface area contributed by atoms with Gasteiger partial charge in [0, 0.05) is 0 Å². The second-order valence-electron chi connectivity index (χ2n) is 10.4. The summed E-state index contributed by atoms with van der Waals surface area (Å²) in [7, 11) is 0. The molecule has 2 aromatic carbocycles. The van der Waals surface area contributed by atoms with Gasteiger partial charge in [-0.3, -0.25) is 0 Å². The van der Waals surface area contributed by atoms with Crippen LogP contribution in [0.15, 0.2) is 60.7 Å². The average molecular weight is 617 g/mol. The van der Waals surface area contributed by atoms with Crippen molar-refractivity contribution < 1.29 is 9.53 Å². The maximum absolute atomic E-state index is 13.5. The number of hydrogen-bond donors (Lipinski definition) is 0. The molecule has 1 aliphatic rings. The van der Waals surface area contributed by atoms with Crippen LogP contribution in [0.25, 0.3) is 0 Å². The van der Waals surface area contributed by atoms with Crippen LogP contribution in [0.5, 0.6) is 0 Å². The molecule has 2 atom stereocenters. The molecule has 1 fully saturated rings. The number of carbonyl (C=O) groups is 1. The molecular formula is C31H47NO2SSn. The molecule has 1 heterocycles. The summed E-state index contributed by atoms with van der Waals surface area (Å²) in [6.07, 6.45) is 8.75. The number of cyclic esters (lactones) is 1. The van der Waals surface area contributed by atoms with E-state index in [1.165, 1.54) is 63.0 Å². The number of rotatable bonds is 17. The van der Waals surface area contributed by atoms with E-state index in [4.69, 9.17) is 4.74 Å². The summed E-state index contributed by atoms with van der Waals surface area (Å²) in [4.78, 5) is 15.7. The fourth-order valence-corrected chi connectivity index (χ4v) is 26.1. The van der Waals surface area contributed by atoms with Crippen molar-refractivity contribution in [3.8, 4) is 0 Å². The summed E-state index contributed by atoms with van der Waals surface area (Å²) in [5.41, 5.74) is 2.62. The summed E-state index contributed by atoms with van der Waals surface area (Å²) in [6.45, 7) is 7.49. The fraction of sp³-hybridized carbons (Fsp3) is 0.581. The first-order valence-electron chi connectivity index (χ1n) is 14.3. The number of amides is 1. The fourth-order valence-electron chi connectivity index (χ4n) is 5.87. The van der Waals surface area contributed by atoms with Crippen LogP contribution < -0.4 is 0 Å². The van der Waals surface area contributed by atoms with E-state index in [1.807, 2.05) is 11.8 Å². The van der Waals surface area contributed by atoms with Gasteiger partial charge < -0.3 is 0 Å². The topological polar surface area (TPSA) is 29.5 Å². The zero-order valence-corrected chi connectivity index (χ0v) is 26.5. The zero-order chi connectivity index (χ0) is 25.6. The third-order valence-corrected chi connectivity index (χ3v) is 26.1. The Balaban J connectivity index is 1.92. The van der Waals surface area contributed by atoms with Crippen LogP contribution in [0, 0.1) is 0 Å². The van der Waals surface area contributed by atoms with Crippen molar-refractivity contribution in [2.45, 2.75) is 94.9 Å². The van der Waals surface area contributed by atoms with Gasteiger partial charge in [0.15, 0.2) is 0 Å². The van der Waals surface area contributed by atoms with Gasteiger partial charge in [0.1, 0.15) is 0 Å². The van der Waals surface area contributed by atoms with Gasteiger partial charge in [-0.25, -0.2) is 0 Å². The maximum atomic E-state index is 13.5. The van der Waals surface area contributed by atoms with Crippen molar-refractivity contribution in [3.63, 3.8) is 0 Å². The van der Waals surface area contributed by atoms with Gasteiger partial charge in [-0.1, -0.05) is 0 Å². The van der Waals surface area contributed by atoms with Gasteiger partial charge >= 0.3 is 230 Å². The Morgan fingerprint density at radius 2 is 1.44 bits per heavy atom. The van der Waals surface area contributed by atoms with E-state index in [-0.39, 0.29) is 12.1 Å². The third kappa shape index (κ3) is 8.18. The van der Waals surface area contributed by atoms with E-state index >= 15 is 0 Å². The molecule has 0 aliphatic carbocycles. The number of thioether (sulfide) groups is 1. The van der Waals surface area contributed by atoms with Crippen LogP contribution in [-0.4, -0.2) is 45.8 Å². The van der Waals surface area contributed by atoms with Gasteiger partial charge in [0.05, 0.1) is 0 Å². The van der Waals surface area contributed by atoms with Crippen LogP contribution in [0.4, 0.5) is 4.79 Å². The predicted molar refractivity (Wildman–Crippen MR) is 158 cm³/mol. The van der Waals surface area contributed by atoms with Crippen LogP contribution in [-0.2, 0) is 10.5 Å². The van der Waals surface area contributed by atoms with Crippen LogP contribution in [0.2, 0.25) is 13.3 Å². The van der Waals surface area contributed by atoms with E-state index < -0.39 is 18.4 Å². The minimum absolute atomic E-state index is 0.0591. The molecule has 0 N–H and O–H groups in total. The molecule has 5 heteroatoms. The van der Waals surface area contributed by atoms with Crippen LogP contribution in [0.3, 0.4) is 0 Å². The van der Waals surface area contributed by atoms with Crippen LogP contribution >= 0.6 is 11.8 Å². The molecule has 198 valence electrons. The van der Waals surface area contributed by atoms with E-state index in [2.05, 4.69) is 86.3 Å². The summed E-state index contributed by atoms with van der Waals surface area (Å²) in [5, 5.41) is 0. The van der Waals surface area contributed by atoms with Gasteiger partial charge in [-0.2, -0.15) is 0 Å². The first-order chi connectivity index (χ1) is 17.6. The minimum atomic E-state index is -2.78. The number of benzene rings is 2. The Morgan fingerprint density at radius 3 is 2.00 bits per heavy atom. The van der Waals surface area contributed by atoms with Gasteiger partial charge in [-0.15, -0.1) is 0 Å². The first kappa shape index (κ1) is 29.4. The van der Waals surface area contributed by atoms with Gasteiger partial charge in [0.25, 0.3) is 0 Å². The monoisotopic (exact) mass is 617 g/mol. The molecule has 0 unspecified atom stereocenters. The quantitative estimate of drug-likeness (QED) is 0.131. The van der Waals surface area contributed by atoms with Gasteiger partial charge in [0.2, 0.25) is 0 Å². The Labute approximate surface area is 228 Å². The molecule has 36 heavy (non-hydrogen) atoms. The molecule has 3 rings (SSSR count). The van der Waals surface area contributed by atoms with Gasteiger partial charge in [-0.05, 0) is 0 Å². The van der Waals surface area contributed by atoms with E-state index in [9.17, 15) is 4.79 Å². The molecule has 0 saturated carbocycles. The molecule has 0 bridgehead atoms. The molecule has 2 aromatic rings. The van der Waals surface area contributed by atoms with E-state index in [0.29, 0.717) is 10.7 Å². The Kier molecular flexibility index (Phi) is 13.0. The normalized spacial score (nSPS) is 16.8.